The molecule has 0 aromatic carbocycles. The first-order valence-electron chi connectivity index (χ1n) is 3.36. The van der Waals surface area contributed by atoms with Crippen LogP contribution in [0.5, 0.6) is 0 Å². The summed E-state index contributed by atoms with van der Waals surface area (Å²) in [7, 11) is 0. The maximum Gasteiger partial charge on any atom is 0.330 e. The fourth-order valence-electron chi connectivity index (χ4n) is 0.701. The lowest BCUT2D eigenvalue weighted by Crippen LogP contribution is -1.99. The molecule has 3 heteroatoms. The average molecular weight is 153 g/mol. The van der Waals surface area contributed by atoms with Crippen molar-refractivity contribution >= 4 is 5.97 Å². The van der Waals surface area contributed by atoms with Crippen LogP contribution in [0.15, 0.2) is 11.6 Å². The highest BCUT2D eigenvalue weighted by Crippen LogP contribution is 2.06. The molecule has 0 heterocycles. The van der Waals surface area contributed by atoms with E-state index in [9.17, 15) is 4.79 Å². The highest BCUT2D eigenvalue weighted by atomic mass is 16.4. The van der Waals surface area contributed by atoms with Gasteiger partial charge in [-0.1, -0.05) is 13.0 Å². The number of carboxylic acid groups (broad SMARTS) is 1. The fraction of sp³-hybridized carbons (Fsp3) is 0.500. The van der Waals surface area contributed by atoms with Gasteiger partial charge in [0.25, 0.3) is 0 Å². The van der Waals surface area contributed by atoms with Crippen LogP contribution < -0.4 is 0 Å². The van der Waals surface area contributed by atoms with Crippen molar-refractivity contribution in [1.82, 2.24) is 0 Å². The molecule has 1 N–H and O–H groups in total. The Morgan fingerprint density at radius 2 is 2.36 bits per heavy atom. The zero-order valence-electron chi connectivity index (χ0n) is 6.66. The van der Waals surface area contributed by atoms with Gasteiger partial charge in [0, 0.05) is 12.0 Å². The van der Waals surface area contributed by atoms with Crippen molar-refractivity contribution in [3.63, 3.8) is 0 Å². The van der Waals surface area contributed by atoms with Gasteiger partial charge in [0.15, 0.2) is 0 Å². The standard InChI is InChI=1S/C8H11NO2/c1-6(3-4-9)5-7(2)8(10)11/h5-6H,3H2,1-2H3,(H,10,11). The highest BCUT2D eigenvalue weighted by Gasteiger charge is 2.02. The summed E-state index contributed by atoms with van der Waals surface area (Å²) in [6.45, 7) is 3.34. The Labute approximate surface area is 66.0 Å². The van der Waals surface area contributed by atoms with E-state index >= 15 is 0 Å². The lowest BCUT2D eigenvalue weighted by atomic mass is 10.1. The second-order valence-electron chi connectivity index (χ2n) is 2.49. The maximum atomic E-state index is 10.3. The molecule has 0 saturated carbocycles. The molecule has 0 aromatic heterocycles. The summed E-state index contributed by atoms with van der Waals surface area (Å²) in [4.78, 5) is 10.3. The van der Waals surface area contributed by atoms with Crippen LogP contribution in [0.3, 0.4) is 0 Å². The molecule has 1 unspecified atom stereocenters. The number of hydrogen-bond acceptors (Lipinski definition) is 2. The van der Waals surface area contributed by atoms with E-state index in [-0.39, 0.29) is 5.92 Å². The summed E-state index contributed by atoms with van der Waals surface area (Å²) >= 11 is 0. The van der Waals surface area contributed by atoms with Crippen molar-refractivity contribution in [3.8, 4) is 6.07 Å². The van der Waals surface area contributed by atoms with Crippen molar-refractivity contribution in [2.24, 2.45) is 5.92 Å². The Bertz CT molecular complexity index is 213. The van der Waals surface area contributed by atoms with Crippen LogP contribution in [0.2, 0.25) is 0 Å². The molecule has 0 radical (unpaired) electrons. The van der Waals surface area contributed by atoms with Crippen LogP contribution >= 0.6 is 0 Å². The minimum absolute atomic E-state index is 0.0242. The van der Waals surface area contributed by atoms with Gasteiger partial charge in [-0.3, -0.25) is 0 Å². The zero-order chi connectivity index (χ0) is 8.85. The van der Waals surface area contributed by atoms with E-state index < -0.39 is 5.97 Å². The third-order valence-electron chi connectivity index (χ3n) is 1.29. The number of aliphatic carboxylic acids is 1. The number of rotatable bonds is 3. The maximum absolute atomic E-state index is 10.3. The Morgan fingerprint density at radius 1 is 1.82 bits per heavy atom. The molecule has 60 valence electrons. The van der Waals surface area contributed by atoms with E-state index in [1.54, 1.807) is 6.08 Å². The first-order chi connectivity index (χ1) is 5.07. The van der Waals surface area contributed by atoms with Crippen LogP contribution in [-0.2, 0) is 4.79 Å². The SMILES string of the molecule is CC(=CC(C)CC#N)C(=O)O. The van der Waals surface area contributed by atoms with Gasteiger partial charge in [-0.15, -0.1) is 0 Å². The molecule has 0 rings (SSSR count). The summed E-state index contributed by atoms with van der Waals surface area (Å²) in [5, 5.41) is 16.7. The van der Waals surface area contributed by atoms with E-state index in [4.69, 9.17) is 10.4 Å². The van der Waals surface area contributed by atoms with Crippen molar-refractivity contribution in [2.45, 2.75) is 20.3 Å². The largest absolute Gasteiger partial charge is 0.478 e. The second kappa shape index (κ2) is 4.51. The molecule has 0 amide bonds. The molecular weight excluding hydrogens is 142 g/mol. The molecular formula is C8H11NO2. The molecule has 0 aliphatic heterocycles. The Hall–Kier alpha value is -1.30. The summed E-state index contributed by atoms with van der Waals surface area (Å²) in [5.41, 5.74) is 0.299. The van der Waals surface area contributed by atoms with Gasteiger partial charge in [0.1, 0.15) is 0 Å². The van der Waals surface area contributed by atoms with Crippen LogP contribution in [-0.4, -0.2) is 11.1 Å². The summed E-state index contributed by atoms with van der Waals surface area (Å²) in [5.74, 6) is -0.897. The average Bonchev–Trinajstić information content (AvgIpc) is 1.87. The molecule has 0 aromatic rings. The monoisotopic (exact) mass is 153 g/mol. The zero-order valence-corrected chi connectivity index (χ0v) is 6.66. The second-order valence-corrected chi connectivity index (χ2v) is 2.49. The van der Waals surface area contributed by atoms with E-state index in [2.05, 4.69) is 0 Å². The van der Waals surface area contributed by atoms with Crippen LogP contribution in [0.4, 0.5) is 0 Å². The predicted molar refractivity (Wildman–Crippen MR) is 40.8 cm³/mol. The quantitative estimate of drug-likeness (QED) is 0.626. The Morgan fingerprint density at radius 3 is 2.73 bits per heavy atom. The third kappa shape index (κ3) is 4.15. The number of allylic oxidation sites excluding steroid dienone is 1. The van der Waals surface area contributed by atoms with E-state index in [0.717, 1.165) is 0 Å². The minimum atomic E-state index is -0.921. The molecule has 11 heavy (non-hydrogen) atoms. The molecule has 0 spiro atoms. The van der Waals surface area contributed by atoms with Crippen molar-refractivity contribution < 1.29 is 9.90 Å². The molecule has 0 aliphatic rings. The Kier molecular flexibility index (Phi) is 3.97. The molecule has 1 atom stereocenters. The molecule has 0 saturated heterocycles. The van der Waals surface area contributed by atoms with Gasteiger partial charge in [0.2, 0.25) is 0 Å². The van der Waals surface area contributed by atoms with E-state index in [1.165, 1.54) is 6.92 Å². The fourth-order valence-corrected chi connectivity index (χ4v) is 0.701. The number of hydrogen-bond donors (Lipinski definition) is 1. The summed E-state index contributed by atoms with van der Waals surface area (Å²) < 4.78 is 0. The molecule has 0 bridgehead atoms. The lowest BCUT2D eigenvalue weighted by molar-refractivity contribution is -0.132. The van der Waals surface area contributed by atoms with Crippen molar-refractivity contribution in [1.29, 1.82) is 5.26 Å². The van der Waals surface area contributed by atoms with Crippen LogP contribution in [0.25, 0.3) is 0 Å². The normalized spacial score (nSPS) is 13.7. The summed E-state index contributed by atoms with van der Waals surface area (Å²) in [6.07, 6.45) is 1.95. The van der Waals surface area contributed by atoms with E-state index in [0.29, 0.717) is 12.0 Å². The molecule has 0 aliphatic carbocycles. The minimum Gasteiger partial charge on any atom is -0.478 e. The lowest BCUT2D eigenvalue weighted by Gasteiger charge is -1.99. The predicted octanol–water partition coefficient (Wildman–Crippen LogP) is 1.57. The number of carboxylic acids is 1. The van der Waals surface area contributed by atoms with Crippen molar-refractivity contribution in [3.05, 3.63) is 11.6 Å². The smallest absolute Gasteiger partial charge is 0.330 e. The number of carbonyl (C=O) groups is 1. The third-order valence-corrected chi connectivity index (χ3v) is 1.29. The topological polar surface area (TPSA) is 61.1 Å². The van der Waals surface area contributed by atoms with Crippen molar-refractivity contribution in [2.75, 3.05) is 0 Å². The first kappa shape index (κ1) is 9.70. The van der Waals surface area contributed by atoms with E-state index in [1.807, 2.05) is 13.0 Å². The van der Waals surface area contributed by atoms with Crippen LogP contribution in [0.1, 0.15) is 20.3 Å². The van der Waals surface area contributed by atoms with Gasteiger partial charge >= 0.3 is 5.97 Å². The van der Waals surface area contributed by atoms with Gasteiger partial charge in [-0.05, 0) is 12.8 Å². The highest BCUT2D eigenvalue weighted by molar-refractivity contribution is 5.85. The van der Waals surface area contributed by atoms with Gasteiger partial charge in [0.05, 0.1) is 6.07 Å². The molecule has 3 nitrogen and oxygen atoms in total. The summed E-state index contributed by atoms with van der Waals surface area (Å²) in [6, 6.07) is 1.97. The van der Waals surface area contributed by atoms with Gasteiger partial charge in [-0.2, -0.15) is 5.26 Å². The first-order valence-corrected chi connectivity index (χ1v) is 3.36. The Balaban J connectivity index is 4.09. The van der Waals surface area contributed by atoms with Crippen LogP contribution in [0, 0.1) is 17.2 Å². The number of nitriles is 1. The van der Waals surface area contributed by atoms with Gasteiger partial charge in [-0.25, -0.2) is 4.79 Å². The van der Waals surface area contributed by atoms with Gasteiger partial charge < -0.3 is 5.11 Å². The molecule has 0 fully saturated rings. The number of nitrogens with zero attached hydrogens (tertiary/aromatic N) is 1.